The van der Waals surface area contributed by atoms with Crippen molar-refractivity contribution in [2.75, 3.05) is 13.1 Å². The predicted molar refractivity (Wildman–Crippen MR) is 139 cm³/mol. The average molecular weight is 487 g/mol. The van der Waals surface area contributed by atoms with Gasteiger partial charge in [-0.1, -0.05) is 36.4 Å². The van der Waals surface area contributed by atoms with E-state index in [0.717, 1.165) is 54.1 Å². The van der Waals surface area contributed by atoms with Gasteiger partial charge in [0, 0.05) is 35.7 Å². The lowest BCUT2D eigenvalue weighted by Gasteiger charge is -2.33. The van der Waals surface area contributed by atoms with Crippen LogP contribution in [0.25, 0.3) is 10.9 Å². The first-order valence-corrected chi connectivity index (χ1v) is 12.9. The van der Waals surface area contributed by atoms with Crippen molar-refractivity contribution < 1.29 is 14.4 Å². The molecule has 0 bridgehead atoms. The van der Waals surface area contributed by atoms with Crippen LogP contribution in [0.4, 0.5) is 0 Å². The largest absolute Gasteiger partial charge is 0.364 e. The van der Waals surface area contributed by atoms with Gasteiger partial charge in [0.05, 0.1) is 6.04 Å². The molecule has 36 heavy (non-hydrogen) atoms. The van der Waals surface area contributed by atoms with Gasteiger partial charge < -0.3 is 21.4 Å². The molecule has 7 nitrogen and oxygen atoms in total. The van der Waals surface area contributed by atoms with Gasteiger partial charge in [-0.3, -0.25) is 14.4 Å². The van der Waals surface area contributed by atoms with Crippen LogP contribution in [-0.2, 0) is 16.0 Å². The number of rotatable bonds is 7. The van der Waals surface area contributed by atoms with Crippen LogP contribution in [0.15, 0.2) is 54.6 Å². The second kappa shape index (κ2) is 10.3. The molecule has 2 fully saturated rings. The summed E-state index contributed by atoms with van der Waals surface area (Å²) in [5.74, 6) is 0.113. The maximum atomic E-state index is 13.9. The number of H-pyrrole nitrogens is 1. The molecule has 2 amide bonds. The summed E-state index contributed by atoms with van der Waals surface area (Å²) < 4.78 is 0. The van der Waals surface area contributed by atoms with Gasteiger partial charge in [-0.25, -0.2) is 0 Å². The summed E-state index contributed by atoms with van der Waals surface area (Å²) in [4.78, 5) is 43.9. The lowest BCUT2D eigenvalue weighted by Crippen LogP contribution is -2.46. The summed E-state index contributed by atoms with van der Waals surface area (Å²) in [6, 6.07) is 17.0. The van der Waals surface area contributed by atoms with E-state index in [4.69, 9.17) is 11.5 Å². The third-order valence-corrected chi connectivity index (χ3v) is 8.10. The highest BCUT2D eigenvalue weighted by atomic mass is 16.2. The number of fused-ring (bicyclic) bond motifs is 1. The van der Waals surface area contributed by atoms with E-state index in [0.29, 0.717) is 24.7 Å². The van der Waals surface area contributed by atoms with Crippen LogP contribution in [0, 0.1) is 11.8 Å². The first-order valence-electron chi connectivity index (χ1n) is 12.9. The number of hydrogen-bond acceptors (Lipinski definition) is 4. The normalized spacial score (nSPS) is 24.2. The molecule has 3 aromatic rings. The minimum atomic E-state index is -0.518. The molecule has 0 spiro atoms. The van der Waals surface area contributed by atoms with Gasteiger partial charge in [0.25, 0.3) is 5.91 Å². The lowest BCUT2D eigenvalue weighted by atomic mass is 9.81. The molecule has 1 saturated heterocycles. The standard InChI is InChI=1S/C29H34N4O3/c30-17-18-6-9-21(10-7-18)29(36)33-13-12-23(20-4-2-1-3-5-20)27(33)26(34)15-19-8-11-24-22(14-19)16-25(32-24)28(31)35/h1-5,8,11,14,16,18,21,23,27,32H,6-7,9-10,12-13,15,17,30H2,(H2,31,35)/t18?,21?,23-,27-/m0/s1. The molecule has 7 heteroatoms. The van der Waals surface area contributed by atoms with E-state index in [2.05, 4.69) is 17.1 Å². The number of nitrogens with zero attached hydrogens (tertiary/aromatic N) is 1. The van der Waals surface area contributed by atoms with Gasteiger partial charge >= 0.3 is 0 Å². The van der Waals surface area contributed by atoms with Crippen molar-refractivity contribution in [3.63, 3.8) is 0 Å². The number of nitrogens with two attached hydrogens (primary N) is 2. The molecule has 188 valence electrons. The van der Waals surface area contributed by atoms with E-state index in [-0.39, 0.29) is 29.9 Å². The van der Waals surface area contributed by atoms with Crippen LogP contribution in [0.5, 0.6) is 0 Å². The molecule has 2 aromatic carbocycles. The summed E-state index contributed by atoms with van der Waals surface area (Å²) in [6.07, 6.45) is 4.66. The van der Waals surface area contributed by atoms with Crippen molar-refractivity contribution >= 4 is 28.5 Å². The highest BCUT2D eigenvalue weighted by Crippen LogP contribution is 2.38. The Balaban J connectivity index is 1.39. The third-order valence-electron chi connectivity index (χ3n) is 8.10. The molecule has 0 unspecified atom stereocenters. The quantitative estimate of drug-likeness (QED) is 0.473. The Labute approximate surface area is 211 Å². The molecule has 5 N–H and O–H groups in total. The van der Waals surface area contributed by atoms with Crippen molar-refractivity contribution in [1.29, 1.82) is 0 Å². The van der Waals surface area contributed by atoms with Gasteiger partial charge in [-0.05, 0) is 73.9 Å². The van der Waals surface area contributed by atoms with Crippen molar-refractivity contribution in [2.24, 2.45) is 23.3 Å². The van der Waals surface area contributed by atoms with Crippen molar-refractivity contribution in [2.45, 2.75) is 50.5 Å². The molecule has 2 atom stereocenters. The Hall–Kier alpha value is -3.45. The number of ketones is 1. The minimum absolute atomic E-state index is 0.0134. The molecule has 5 rings (SSSR count). The maximum Gasteiger partial charge on any atom is 0.265 e. The predicted octanol–water partition coefficient (Wildman–Crippen LogP) is 3.53. The number of carbonyl (C=O) groups is 3. The minimum Gasteiger partial charge on any atom is -0.364 e. The SMILES string of the molecule is NCC1CCC(C(=O)N2CC[C@@H](c3ccccc3)[C@H]2C(=O)Cc2ccc3[nH]c(C(N)=O)cc3c2)CC1. The van der Waals surface area contributed by atoms with E-state index in [1.54, 1.807) is 6.07 Å². The van der Waals surface area contributed by atoms with Gasteiger partial charge in [0.2, 0.25) is 5.91 Å². The number of hydrogen-bond donors (Lipinski definition) is 3. The van der Waals surface area contributed by atoms with Crippen molar-refractivity contribution in [1.82, 2.24) is 9.88 Å². The van der Waals surface area contributed by atoms with E-state index in [9.17, 15) is 14.4 Å². The van der Waals surface area contributed by atoms with E-state index in [1.165, 1.54) is 0 Å². The Morgan fingerprint density at radius 1 is 0.944 bits per heavy atom. The molecule has 1 aromatic heterocycles. The Kier molecular flexibility index (Phi) is 6.92. The van der Waals surface area contributed by atoms with E-state index < -0.39 is 11.9 Å². The zero-order chi connectivity index (χ0) is 25.2. The number of nitrogens with one attached hydrogen (secondary N) is 1. The maximum absolute atomic E-state index is 13.9. The molecule has 2 heterocycles. The van der Waals surface area contributed by atoms with Crippen LogP contribution in [-0.4, -0.2) is 46.6 Å². The van der Waals surface area contributed by atoms with Gasteiger partial charge in [-0.15, -0.1) is 0 Å². The summed E-state index contributed by atoms with van der Waals surface area (Å²) >= 11 is 0. The topological polar surface area (TPSA) is 122 Å². The summed E-state index contributed by atoms with van der Waals surface area (Å²) in [5, 5.41) is 0.838. The van der Waals surface area contributed by atoms with Crippen LogP contribution < -0.4 is 11.5 Å². The zero-order valence-corrected chi connectivity index (χ0v) is 20.5. The van der Waals surface area contributed by atoms with Gasteiger partial charge in [0.15, 0.2) is 5.78 Å². The fourth-order valence-electron chi connectivity index (χ4n) is 6.10. The highest BCUT2D eigenvalue weighted by molar-refractivity contribution is 5.98. The first-order chi connectivity index (χ1) is 17.4. The summed E-state index contributed by atoms with van der Waals surface area (Å²) in [6.45, 7) is 1.28. The monoisotopic (exact) mass is 486 g/mol. The highest BCUT2D eigenvalue weighted by Gasteiger charge is 2.44. The number of likely N-dealkylation sites (tertiary alicyclic amines) is 1. The van der Waals surface area contributed by atoms with Crippen molar-refractivity contribution in [3.8, 4) is 0 Å². The molecular formula is C29H34N4O3. The number of Topliss-reactive ketones (excluding diaryl/α,β-unsaturated/α-hetero) is 1. The van der Waals surface area contributed by atoms with Crippen LogP contribution >= 0.6 is 0 Å². The van der Waals surface area contributed by atoms with E-state index in [1.807, 2.05) is 41.3 Å². The number of primary amides is 1. The van der Waals surface area contributed by atoms with Crippen molar-refractivity contribution in [3.05, 3.63) is 71.4 Å². The Morgan fingerprint density at radius 3 is 2.39 bits per heavy atom. The molecule has 1 aliphatic heterocycles. The first kappa shape index (κ1) is 24.3. The smallest absolute Gasteiger partial charge is 0.265 e. The number of benzene rings is 2. The second-order valence-corrected chi connectivity index (χ2v) is 10.3. The van der Waals surface area contributed by atoms with Gasteiger partial charge in [-0.2, -0.15) is 0 Å². The Morgan fingerprint density at radius 2 is 1.69 bits per heavy atom. The zero-order valence-electron chi connectivity index (χ0n) is 20.5. The lowest BCUT2D eigenvalue weighted by molar-refractivity contribution is -0.142. The second-order valence-electron chi connectivity index (χ2n) is 10.3. The molecular weight excluding hydrogens is 452 g/mol. The molecule has 1 aliphatic carbocycles. The van der Waals surface area contributed by atoms with Crippen LogP contribution in [0.2, 0.25) is 0 Å². The number of amides is 2. The number of carbonyl (C=O) groups excluding carboxylic acids is 3. The van der Waals surface area contributed by atoms with Gasteiger partial charge in [0.1, 0.15) is 5.69 Å². The molecule has 1 saturated carbocycles. The molecule has 2 aliphatic rings. The Bertz CT molecular complexity index is 1260. The molecule has 0 radical (unpaired) electrons. The third kappa shape index (κ3) is 4.80. The van der Waals surface area contributed by atoms with Crippen LogP contribution in [0.3, 0.4) is 0 Å². The summed E-state index contributed by atoms with van der Waals surface area (Å²) in [5.41, 5.74) is 14.4. The average Bonchev–Trinajstić information content (AvgIpc) is 3.54. The van der Waals surface area contributed by atoms with Crippen LogP contribution in [0.1, 0.15) is 59.6 Å². The number of aromatic nitrogens is 1. The van der Waals surface area contributed by atoms with E-state index >= 15 is 0 Å². The fraction of sp³-hybridized carbons (Fsp3) is 0.414. The number of aromatic amines is 1. The summed E-state index contributed by atoms with van der Waals surface area (Å²) in [7, 11) is 0. The fourth-order valence-corrected chi connectivity index (χ4v) is 6.10.